The number of rotatable bonds is 5. The second-order valence-corrected chi connectivity index (χ2v) is 5.99. The summed E-state index contributed by atoms with van der Waals surface area (Å²) in [4.78, 5) is 0. The fourth-order valence-electron chi connectivity index (χ4n) is 1.52. The van der Waals surface area contributed by atoms with E-state index >= 15 is 0 Å². The highest BCUT2D eigenvalue weighted by Gasteiger charge is 2.26. The molecular formula is C8H21ClN2O2S. The molecule has 0 aromatic carbocycles. The molecule has 1 unspecified atom stereocenters. The lowest BCUT2D eigenvalue weighted by molar-refractivity contribution is 0.345. The summed E-state index contributed by atoms with van der Waals surface area (Å²) in [5, 5.41) is 0. The largest absolute Gasteiger partial charge is 0.329 e. The SMILES string of the molecule is CC(C)CC(C)(CN)NS(C)(=O)=O.Cl. The molecule has 6 heteroatoms. The van der Waals surface area contributed by atoms with Crippen molar-refractivity contribution < 1.29 is 8.42 Å². The van der Waals surface area contributed by atoms with Crippen LogP contribution in [0.1, 0.15) is 27.2 Å². The van der Waals surface area contributed by atoms with Crippen molar-refractivity contribution in [3.8, 4) is 0 Å². The Hall–Kier alpha value is 0.160. The van der Waals surface area contributed by atoms with Gasteiger partial charge in [0.1, 0.15) is 0 Å². The fourth-order valence-corrected chi connectivity index (χ4v) is 2.58. The van der Waals surface area contributed by atoms with Gasteiger partial charge in [-0.05, 0) is 19.3 Å². The van der Waals surface area contributed by atoms with E-state index < -0.39 is 15.6 Å². The molecule has 0 heterocycles. The van der Waals surface area contributed by atoms with Gasteiger partial charge in [0, 0.05) is 12.1 Å². The Morgan fingerprint density at radius 3 is 2.07 bits per heavy atom. The zero-order valence-corrected chi connectivity index (χ0v) is 10.8. The zero-order valence-electron chi connectivity index (χ0n) is 9.20. The maximum atomic E-state index is 11.0. The van der Waals surface area contributed by atoms with Crippen LogP contribution >= 0.6 is 12.4 Å². The number of nitrogens with one attached hydrogen (secondary N) is 1. The molecule has 0 aliphatic carbocycles. The summed E-state index contributed by atoms with van der Waals surface area (Å²) >= 11 is 0. The third-order valence-electron chi connectivity index (χ3n) is 1.74. The second kappa shape index (κ2) is 5.90. The van der Waals surface area contributed by atoms with E-state index in [4.69, 9.17) is 5.73 Å². The van der Waals surface area contributed by atoms with Crippen molar-refractivity contribution >= 4 is 22.4 Å². The van der Waals surface area contributed by atoms with Gasteiger partial charge in [-0.25, -0.2) is 13.1 Å². The molecule has 0 amide bonds. The van der Waals surface area contributed by atoms with Gasteiger partial charge in [-0.15, -0.1) is 12.4 Å². The topological polar surface area (TPSA) is 72.2 Å². The van der Waals surface area contributed by atoms with Gasteiger partial charge in [0.05, 0.1) is 6.26 Å². The molecule has 0 bridgehead atoms. The molecule has 88 valence electrons. The summed E-state index contributed by atoms with van der Waals surface area (Å²) in [6.45, 7) is 6.22. The van der Waals surface area contributed by atoms with Crippen molar-refractivity contribution in [3.63, 3.8) is 0 Å². The van der Waals surface area contributed by atoms with E-state index in [1.165, 1.54) is 0 Å². The maximum absolute atomic E-state index is 11.0. The van der Waals surface area contributed by atoms with Crippen molar-refractivity contribution in [2.75, 3.05) is 12.8 Å². The third-order valence-corrected chi connectivity index (χ3v) is 2.60. The van der Waals surface area contributed by atoms with Crippen LogP contribution in [-0.4, -0.2) is 26.8 Å². The van der Waals surface area contributed by atoms with Gasteiger partial charge >= 0.3 is 0 Å². The number of hydrogen-bond donors (Lipinski definition) is 2. The van der Waals surface area contributed by atoms with Crippen LogP contribution in [0, 0.1) is 5.92 Å². The summed E-state index contributed by atoms with van der Waals surface area (Å²) in [5.74, 6) is 0.419. The third kappa shape index (κ3) is 7.55. The summed E-state index contributed by atoms with van der Waals surface area (Å²) in [6.07, 6.45) is 1.90. The lowest BCUT2D eigenvalue weighted by Gasteiger charge is -2.29. The first-order valence-corrected chi connectivity index (χ1v) is 6.27. The molecule has 0 aromatic heterocycles. The second-order valence-electron chi connectivity index (χ2n) is 4.24. The molecule has 0 saturated heterocycles. The number of hydrogen-bond acceptors (Lipinski definition) is 3. The maximum Gasteiger partial charge on any atom is 0.209 e. The van der Waals surface area contributed by atoms with E-state index in [0.717, 1.165) is 12.7 Å². The van der Waals surface area contributed by atoms with Gasteiger partial charge < -0.3 is 5.73 Å². The lowest BCUT2D eigenvalue weighted by Crippen LogP contribution is -2.51. The number of sulfonamides is 1. The van der Waals surface area contributed by atoms with Gasteiger partial charge in [-0.3, -0.25) is 0 Å². The Bertz CT molecular complexity index is 254. The molecular weight excluding hydrogens is 224 g/mol. The van der Waals surface area contributed by atoms with E-state index in [1.807, 2.05) is 20.8 Å². The first kappa shape index (κ1) is 16.6. The first-order chi connectivity index (χ1) is 5.68. The van der Waals surface area contributed by atoms with Crippen LogP contribution in [0.4, 0.5) is 0 Å². The van der Waals surface area contributed by atoms with Crippen molar-refractivity contribution in [2.24, 2.45) is 11.7 Å². The van der Waals surface area contributed by atoms with Gasteiger partial charge in [0.2, 0.25) is 10.0 Å². The molecule has 0 spiro atoms. The quantitative estimate of drug-likeness (QED) is 0.749. The summed E-state index contributed by atoms with van der Waals surface area (Å²) < 4.78 is 24.6. The van der Waals surface area contributed by atoms with Crippen LogP contribution in [0.3, 0.4) is 0 Å². The van der Waals surface area contributed by atoms with Gasteiger partial charge in [0.25, 0.3) is 0 Å². The Balaban J connectivity index is 0. The molecule has 4 nitrogen and oxygen atoms in total. The van der Waals surface area contributed by atoms with Crippen molar-refractivity contribution in [3.05, 3.63) is 0 Å². The average Bonchev–Trinajstić information content (AvgIpc) is 1.81. The van der Waals surface area contributed by atoms with Gasteiger partial charge in [-0.2, -0.15) is 0 Å². The van der Waals surface area contributed by atoms with E-state index in [1.54, 1.807) is 0 Å². The van der Waals surface area contributed by atoms with Gasteiger partial charge in [-0.1, -0.05) is 13.8 Å². The molecule has 0 radical (unpaired) electrons. The highest BCUT2D eigenvalue weighted by atomic mass is 35.5. The van der Waals surface area contributed by atoms with Crippen LogP contribution in [0.5, 0.6) is 0 Å². The first-order valence-electron chi connectivity index (χ1n) is 4.37. The molecule has 0 aliphatic heterocycles. The highest BCUT2D eigenvalue weighted by molar-refractivity contribution is 7.88. The molecule has 0 aromatic rings. The van der Waals surface area contributed by atoms with Crippen molar-refractivity contribution in [1.29, 1.82) is 0 Å². The van der Waals surface area contributed by atoms with Crippen molar-refractivity contribution in [2.45, 2.75) is 32.7 Å². The monoisotopic (exact) mass is 244 g/mol. The van der Waals surface area contributed by atoms with Gasteiger partial charge in [0.15, 0.2) is 0 Å². The van der Waals surface area contributed by atoms with E-state index in [-0.39, 0.29) is 12.4 Å². The molecule has 0 fully saturated rings. The van der Waals surface area contributed by atoms with E-state index in [0.29, 0.717) is 12.5 Å². The van der Waals surface area contributed by atoms with E-state index in [2.05, 4.69) is 4.72 Å². The zero-order chi connectivity index (χ0) is 10.7. The van der Waals surface area contributed by atoms with E-state index in [9.17, 15) is 8.42 Å². The molecule has 3 N–H and O–H groups in total. The molecule has 1 atom stereocenters. The van der Waals surface area contributed by atoms with Crippen LogP contribution in [0.15, 0.2) is 0 Å². The Kier molecular flexibility index (Phi) is 6.99. The minimum absolute atomic E-state index is 0. The fraction of sp³-hybridized carbons (Fsp3) is 1.00. The van der Waals surface area contributed by atoms with Crippen molar-refractivity contribution in [1.82, 2.24) is 4.72 Å². The summed E-state index contributed by atoms with van der Waals surface area (Å²) in [6, 6.07) is 0. The minimum atomic E-state index is -3.17. The molecule has 0 aliphatic rings. The molecule has 0 rings (SSSR count). The van der Waals surface area contributed by atoms with Crippen LogP contribution in [-0.2, 0) is 10.0 Å². The number of halogens is 1. The number of nitrogens with two attached hydrogens (primary N) is 1. The highest BCUT2D eigenvalue weighted by Crippen LogP contribution is 2.15. The summed E-state index contributed by atoms with van der Waals surface area (Å²) in [7, 11) is -3.17. The normalized spacial score (nSPS) is 16.1. The minimum Gasteiger partial charge on any atom is -0.329 e. The standard InChI is InChI=1S/C8H20N2O2S.ClH/c1-7(2)5-8(3,6-9)10-13(4,11)12;/h7,10H,5-6,9H2,1-4H3;1H. The Labute approximate surface area is 93.1 Å². The Morgan fingerprint density at radius 2 is 1.86 bits per heavy atom. The average molecular weight is 245 g/mol. The van der Waals surface area contributed by atoms with Crippen LogP contribution < -0.4 is 10.5 Å². The predicted octanol–water partition coefficient (Wildman–Crippen LogP) is 0.721. The summed E-state index contributed by atoms with van der Waals surface area (Å²) in [5.41, 5.74) is 5.02. The Morgan fingerprint density at radius 1 is 1.43 bits per heavy atom. The molecule has 14 heavy (non-hydrogen) atoms. The lowest BCUT2D eigenvalue weighted by atomic mass is 9.92. The molecule has 0 saturated carbocycles. The van der Waals surface area contributed by atoms with Crippen LogP contribution in [0.25, 0.3) is 0 Å². The van der Waals surface area contributed by atoms with Crippen LogP contribution in [0.2, 0.25) is 0 Å². The smallest absolute Gasteiger partial charge is 0.209 e. The predicted molar refractivity (Wildman–Crippen MR) is 62.1 cm³/mol.